The third-order valence-electron chi connectivity index (χ3n) is 4.14. The number of ether oxygens (including phenoxy) is 2. The van der Waals surface area contributed by atoms with E-state index < -0.39 is 6.10 Å². The molecule has 0 bridgehead atoms. The molecule has 6 nitrogen and oxygen atoms in total. The summed E-state index contributed by atoms with van der Waals surface area (Å²) in [5.41, 5.74) is 2.20. The smallest absolute Gasteiger partial charge is 0.409 e. The quantitative estimate of drug-likeness (QED) is 0.858. The van der Waals surface area contributed by atoms with Gasteiger partial charge in [0.1, 0.15) is 18.5 Å². The normalized spacial score (nSPS) is 16.8. The van der Waals surface area contributed by atoms with E-state index >= 15 is 0 Å². The van der Waals surface area contributed by atoms with E-state index in [0.29, 0.717) is 26.2 Å². The van der Waals surface area contributed by atoms with E-state index in [-0.39, 0.29) is 12.7 Å². The zero-order valence-corrected chi connectivity index (χ0v) is 14.8. The highest BCUT2D eigenvalue weighted by molar-refractivity contribution is 5.67. The van der Waals surface area contributed by atoms with Gasteiger partial charge in [-0.1, -0.05) is 12.1 Å². The van der Waals surface area contributed by atoms with Crippen molar-refractivity contribution in [2.75, 3.05) is 45.9 Å². The summed E-state index contributed by atoms with van der Waals surface area (Å²) >= 11 is 0. The number of piperazine rings is 1. The molecule has 6 heteroatoms. The summed E-state index contributed by atoms with van der Waals surface area (Å²) in [5.74, 6) is 0.821. The second kappa shape index (κ2) is 8.89. The number of benzene rings is 1. The van der Waals surface area contributed by atoms with Gasteiger partial charge in [-0.05, 0) is 38.0 Å². The van der Waals surface area contributed by atoms with Crippen LogP contribution in [0, 0.1) is 13.8 Å². The van der Waals surface area contributed by atoms with Crippen molar-refractivity contribution in [1.82, 2.24) is 9.80 Å². The molecule has 1 fully saturated rings. The molecule has 1 aromatic rings. The molecule has 134 valence electrons. The molecule has 0 aliphatic carbocycles. The molecule has 1 heterocycles. The molecule has 1 aliphatic rings. The lowest BCUT2D eigenvalue weighted by Crippen LogP contribution is -2.51. The van der Waals surface area contributed by atoms with Crippen molar-refractivity contribution in [1.29, 1.82) is 0 Å². The number of aliphatic hydroxyl groups is 1. The van der Waals surface area contributed by atoms with Gasteiger partial charge in [0, 0.05) is 32.7 Å². The van der Waals surface area contributed by atoms with E-state index in [1.165, 1.54) is 0 Å². The molecule has 0 radical (unpaired) electrons. The van der Waals surface area contributed by atoms with Crippen molar-refractivity contribution >= 4 is 6.09 Å². The minimum atomic E-state index is -0.556. The van der Waals surface area contributed by atoms with E-state index in [1.54, 1.807) is 11.8 Å². The number of aryl methyl sites for hydroxylation is 2. The van der Waals surface area contributed by atoms with Gasteiger partial charge >= 0.3 is 6.09 Å². The Kier molecular flexibility index (Phi) is 6.87. The summed E-state index contributed by atoms with van der Waals surface area (Å²) < 4.78 is 10.8. The number of carbonyl (C=O) groups is 1. The highest BCUT2D eigenvalue weighted by atomic mass is 16.6. The first kappa shape index (κ1) is 18.5. The van der Waals surface area contributed by atoms with Gasteiger partial charge < -0.3 is 19.5 Å². The highest BCUT2D eigenvalue weighted by Gasteiger charge is 2.23. The largest absolute Gasteiger partial charge is 0.491 e. The molecule has 0 saturated carbocycles. The Balaban J connectivity index is 1.72. The Labute approximate surface area is 144 Å². The van der Waals surface area contributed by atoms with Crippen LogP contribution in [0.1, 0.15) is 18.1 Å². The van der Waals surface area contributed by atoms with Gasteiger partial charge in [-0.25, -0.2) is 4.79 Å². The third-order valence-corrected chi connectivity index (χ3v) is 4.14. The second-order valence-corrected chi connectivity index (χ2v) is 6.22. The maximum absolute atomic E-state index is 11.7. The molecule has 0 aromatic heterocycles. The van der Waals surface area contributed by atoms with Crippen LogP contribution in [-0.4, -0.2) is 73.0 Å². The van der Waals surface area contributed by atoms with Crippen LogP contribution in [0.25, 0.3) is 0 Å². The summed E-state index contributed by atoms with van der Waals surface area (Å²) in [6.45, 7) is 9.75. The maximum atomic E-state index is 11.7. The topological polar surface area (TPSA) is 62.2 Å². The molecule has 24 heavy (non-hydrogen) atoms. The monoisotopic (exact) mass is 336 g/mol. The van der Waals surface area contributed by atoms with Gasteiger partial charge in [-0.15, -0.1) is 0 Å². The van der Waals surface area contributed by atoms with Crippen molar-refractivity contribution in [3.63, 3.8) is 0 Å². The Bertz CT molecular complexity index is 542. The van der Waals surface area contributed by atoms with Crippen molar-refractivity contribution in [2.45, 2.75) is 26.9 Å². The molecular formula is C18H28N2O4. The number of rotatable bonds is 6. The van der Waals surface area contributed by atoms with E-state index in [9.17, 15) is 9.90 Å². The van der Waals surface area contributed by atoms with Gasteiger partial charge in [0.15, 0.2) is 0 Å². The predicted molar refractivity (Wildman–Crippen MR) is 92.5 cm³/mol. The molecule has 1 atom stereocenters. The lowest BCUT2D eigenvalue weighted by atomic mass is 10.1. The Morgan fingerprint density at radius 2 is 1.96 bits per heavy atom. The number of hydrogen-bond donors (Lipinski definition) is 1. The van der Waals surface area contributed by atoms with Crippen LogP contribution < -0.4 is 4.74 Å². The van der Waals surface area contributed by atoms with Crippen molar-refractivity contribution in [3.8, 4) is 5.75 Å². The van der Waals surface area contributed by atoms with Crippen LogP contribution in [0.2, 0.25) is 0 Å². The van der Waals surface area contributed by atoms with E-state index in [2.05, 4.69) is 4.90 Å². The van der Waals surface area contributed by atoms with Crippen LogP contribution in [0.4, 0.5) is 4.79 Å². The molecule has 0 spiro atoms. The molecular weight excluding hydrogens is 308 g/mol. The second-order valence-electron chi connectivity index (χ2n) is 6.22. The highest BCUT2D eigenvalue weighted by Crippen LogP contribution is 2.19. The molecule has 1 aromatic carbocycles. The first-order valence-corrected chi connectivity index (χ1v) is 8.51. The van der Waals surface area contributed by atoms with Gasteiger partial charge in [0.2, 0.25) is 0 Å². The first-order valence-electron chi connectivity index (χ1n) is 8.51. The molecule has 1 saturated heterocycles. The van der Waals surface area contributed by atoms with Gasteiger partial charge in [0.25, 0.3) is 0 Å². The summed E-state index contributed by atoms with van der Waals surface area (Å²) in [5, 5.41) is 10.2. The number of β-amino-alcohol motifs (C(OH)–C–C–N with tert-alkyl or cyclic N) is 1. The van der Waals surface area contributed by atoms with Crippen LogP contribution in [-0.2, 0) is 4.74 Å². The Morgan fingerprint density at radius 1 is 1.25 bits per heavy atom. The standard InChI is InChI=1S/C18H28N2O4/c1-4-23-18(22)20-9-7-19(8-10-20)12-16(21)13-24-17-11-14(2)5-6-15(17)3/h5-6,11,16,21H,4,7-10,12-13H2,1-3H3/t16-/m0/s1. The number of hydrogen-bond acceptors (Lipinski definition) is 5. The van der Waals surface area contributed by atoms with Crippen LogP contribution in [0.15, 0.2) is 18.2 Å². The van der Waals surface area contributed by atoms with Crippen molar-refractivity contribution in [2.24, 2.45) is 0 Å². The average Bonchev–Trinajstić information content (AvgIpc) is 2.56. The van der Waals surface area contributed by atoms with Gasteiger partial charge in [0.05, 0.1) is 6.61 Å². The average molecular weight is 336 g/mol. The van der Waals surface area contributed by atoms with Crippen LogP contribution in [0.3, 0.4) is 0 Å². The van der Waals surface area contributed by atoms with E-state index in [1.807, 2.05) is 32.0 Å². The maximum Gasteiger partial charge on any atom is 0.409 e. The molecule has 2 rings (SSSR count). The zero-order valence-electron chi connectivity index (χ0n) is 14.8. The molecule has 1 N–H and O–H groups in total. The summed E-state index contributed by atoms with van der Waals surface area (Å²) in [4.78, 5) is 15.5. The molecule has 0 unspecified atom stereocenters. The van der Waals surface area contributed by atoms with Gasteiger partial charge in [-0.3, -0.25) is 4.90 Å². The fourth-order valence-corrected chi connectivity index (χ4v) is 2.73. The predicted octanol–water partition coefficient (Wildman–Crippen LogP) is 1.82. The Hall–Kier alpha value is -1.79. The fraction of sp³-hybridized carbons (Fsp3) is 0.611. The van der Waals surface area contributed by atoms with Gasteiger partial charge in [-0.2, -0.15) is 0 Å². The SMILES string of the molecule is CCOC(=O)N1CCN(C[C@H](O)COc2cc(C)ccc2C)CC1. The van der Waals surface area contributed by atoms with Crippen LogP contribution >= 0.6 is 0 Å². The summed E-state index contributed by atoms with van der Waals surface area (Å²) in [7, 11) is 0. The number of amides is 1. The Morgan fingerprint density at radius 3 is 2.62 bits per heavy atom. The van der Waals surface area contributed by atoms with Crippen molar-refractivity contribution in [3.05, 3.63) is 29.3 Å². The fourth-order valence-electron chi connectivity index (χ4n) is 2.73. The van der Waals surface area contributed by atoms with Crippen molar-refractivity contribution < 1.29 is 19.4 Å². The minimum Gasteiger partial charge on any atom is -0.491 e. The number of nitrogens with zero attached hydrogens (tertiary/aromatic N) is 2. The van der Waals surface area contributed by atoms with E-state index in [4.69, 9.17) is 9.47 Å². The first-order chi connectivity index (χ1) is 11.5. The number of aliphatic hydroxyl groups excluding tert-OH is 1. The van der Waals surface area contributed by atoms with Crippen LogP contribution in [0.5, 0.6) is 5.75 Å². The lowest BCUT2D eigenvalue weighted by molar-refractivity contribution is 0.0406. The zero-order chi connectivity index (χ0) is 17.5. The summed E-state index contributed by atoms with van der Waals surface area (Å²) in [6.07, 6.45) is -0.810. The van der Waals surface area contributed by atoms with E-state index in [0.717, 1.165) is 30.0 Å². The molecule has 1 amide bonds. The molecule has 1 aliphatic heterocycles. The third kappa shape index (κ3) is 5.39. The minimum absolute atomic E-state index is 0.254. The lowest BCUT2D eigenvalue weighted by Gasteiger charge is -2.34. The summed E-state index contributed by atoms with van der Waals surface area (Å²) in [6, 6.07) is 6.05. The number of carbonyl (C=O) groups excluding carboxylic acids is 1.